The summed E-state index contributed by atoms with van der Waals surface area (Å²) in [4.78, 5) is 54.9. The third-order valence-corrected chi connectivity index (χ3v) is 6.32. The maximum Gasteiger partial charge on any atom is 0.308 e. The number of anilines is 1. The maximum absolute atomic E-state index is 12.9. The highest BCUT2D eigenvalue weighted by Gasteiger charge is 2.35. The number of rotatable bonds is 7. The van der Waals surface area contributed by atoms with Crippen LogP contribution in [0.25, 0.3) is 0 Å². The van der Waals surface area contributed by atoms with Gasteiger partial charge >= 0.3 is 5.97 Å². The minimum absolute atomic E-state index is 0.0348. The van der Waals surface area contributed by atoms with Gasteiger partial charge in [-0.1, -0.05) is 30.3 Å². The van der Waals surface area contributed by atoms with Crippen LogP contribution in [-0.2, 0) is 14.4 Å². The fourth-order valence-electron chi connectivity index (χ4n) is 4.45. The first-order valence-corrected chi connectivity index (χ1v) is 11.8. The summed E-state index contributed by atoms with van der Waals surface area (Å²) in [5.74, 6) is -0.851. The van der Waals surface area contributed by atoms with Crippen molar-refractivity contribution in [1.29, 1.82) is 0 Å². The van der Waals surface area contributed by atoms with Crippen molar-refractivity contribution in [3.8, 4) is 5.75 Å². The van der Waals surface area contributed by atoms with Gasteiger partial charge in [0.2, 0.25) is 11.8 Å². The van der Waals surface area contributed by atoms with Crippen molar-refractivity contribution < 1.29 is 23.9 Å². The summed E-state index contributed by atoms with van der Waals surface area (Å²) in [5, 5.41) is 2.96. The van der Waals surface area contributed by atoms with E-state index >= 15 is 0 Å². The van der Waals surface area contributed by atoms with Crippen molar-refractivity contribution in [3.63, 3.8) is 0 Å². The second-order valence-electron chi connectivity index (χ2n) is 8.76. The Morgan fingerprint density at radius 3 is 2.37 bits per heavy atom. The minimum atomic E-state index is -0.466. The normalized spacial score (nSPS) is 18.4. The Balaban J connectivity index is 1.20. The monoisotopic (exact) mass is 478 g/mol. The Morgan fingerprint density at radius 2 is 1.66 bits per heavy atom. The number of benzene rings is 2. The maximum atomic E-state index is 12.9. The van der Waals surface area contributed by atoms with Crippen molar-refractivity contribution in [2.75, 3.05) is 50.7 Å². The Morgan fingerprint density at radius 1 is 0.971 bits per heavy atom. The zero-order chi connectivity index (χ0) is 24.8. The molecule has 0 radical (unpaired) electrons. The molecule has 0 bridgehead atoms. The summed E-state index contributed by atoms with van der Waals surface area (Å²) in [6.07, 6.45) is 0.219. The molecule has 3 amide bonds. The molecule has 2 aliphatic heterocycles. The molecule has 1 atom stereocenters. The Labute approximate surface area is 204 Å². The molecule has 2 saturated heterocycles. The topological polar surface area (TPSA) is 99.3 Å². The van der Waals surface area contributed by atoms with Crippen LogP contribution in [0.5, 0.6) is 5.75 Å². The lowest BCUT2D eigenvalue weighted by Crippen LogP contribution is -2.50. The summed E-state index contributed by atoms with van der Waals surface area (Å²) < 4.78 is 5.17. The SMILES string of the molecule is CC(=O)Oc1ccccc1C(=O)N1CCN(CCNC(=O)C2CC(=O)N(c3ccccc3)C2)CC1. The van der Waals surface area contributed by atoms with Crippen LogP contribution in [0.1, 0.15) is 23.7 Å². The fourth-order valence-corrected chi connectivity index (χ4v) is 4.45. The predicted molar refractivity (Wildman–Crippen MR) is 130 cm³/mol. The van der Waals surface area contributed by atoms with Crippen LogP contribution in [-0.4, -0.2) is 79.3 Å². The van der Waals surface area contributed by atoms with Crippen LogP contribution < -0.4 is 15.0 Å². The number of para-hydroxylation sites is 2. The van der Waals surface area contributed by atoms with Crippen LogP contribution in [0.3, 0.4) is 0 Å². The number of nitrogens with one attached hydrogen (secondary N) is 1. The van der Waals surface area contributed by atoms with Gasteiger partial charge in [-0.2, -0.15) is 0 Å². The molecule has 0 saturated carbocycles. The first-order chi connectivity index (χ1) is 16.9. The number of carbonyl (C=O) groups is 4. The van der Waals surface area contributed by atoms with Crippen molar-refractivity contribution in [2.45, 2.75) is 13.3 Å². The van der Waals surface area contributed by atoms with Crippen molar-refractivity contribution in [2.24, 2.45) is 5.92 Å². The van der Waals surface area contributed by atoms with Crippen LogP contribution in [0.2, 0.25) is 0 Å². The van der Waals surface area contributed by atoms with Crippen LogP contribution in [0.4, 0.5) is 5.69 Å². The van der Waals surface area contributed by atoms with Gasteiger partial charge in [-0.3, -0.25) is 24.1 Å². The van der Waals surface area contributed by atoms with Gasteiger partial charge in [0.1, 0.15) is 5.75 Å². The van der Waals surface area contributed by atoms with Gasteiger partial charge in [0.25, 0.3) is 5.91 Å². The first-order valence-electron chi connectivity index (χ1n) is 11.8. The quantitative estimate of drug-likeness (QED) is 0.479. The summed E-state index contributed by atoms with van der Waals surface area (Å²) in [7, 11) is 0. The van der Waals surface area contributed by atoms with E-state index in [-0.39, 0.29) is 35.8 Å². The molecule has 184 valence electrons. The average molecular weight is 479 g/mol. The molecule has 0 aliphatic carbocycles. The number of hydrogen-bond acceptors (Lipinski definition) is 6. The van der Waals surface area contributed by atoms with E-state index < -0.39 is 5.97 Å². The highest BCUT2D eigenvalue weighted by Crippen LogP contribution is 2.25. The lowest BCUT2D eigenvalue weighted by molar-refractivity contribution is -0.132. The number of piperazine rings is 1. The van der Waals surface area contributed by atoms with Gasteiger partial charge in [-0.25, -0.2) is 0 Å². The highest BCUT2D eigenvalue weighted by atomic mass is 16.5. The fraction of sp³-hybridized carbons (Fsp3) is 0.385. The first kappa shape index (κ1) is 24.4. The van der Waals surface area contributed by atoms with Gasteiger partial charge in [0.15, 0.2) is 0 Å². The summed E-state index contributed by atoms with van der Waals surface area (Å²) in [6, 6.07) is 16.1. The van der Waals surface area contributed by atoms with Crippen LogP contribution in [0.15, 0.2) is 54.6 Å². The average Bonchev–Trinajstić information content (AvgIpc) is 3.26. The van der Waals surface area contributed by atoms with Gasteiger partial charge in [-0.05, 0) is 24.3 Å². The largest absolute Gasteiger partial charge is 0.426 e. The van der Waals surface area contributed by atoms with E-state index in [9.17, 15) is 19.2 Å². The van der Waals surface area contributed by atoms with Crippen LogP contribution in [0, 0.1) is 5.92 Å². The molecule has 9 heteroatoms. The van der Waals surface area contributed by atoms with E-state index in [0.29, 0.717) is 51.4 Å². The summed E-state index contributed by atoms with van der Waals surface area (Å²) in [5.41, 5.74) is 1.19. The van der Waals surface area contributed by atoms with E-state index in [0.717, 1.165) is 5.69 Å². The predicted octanol–water partition coefficient (Wildman–Crippen LogP) is 1.54. The lowest BCUT2D eigenvalue weighted by atomic mass is 10.1. The Bertz CT molecular complexity index is 1080. The third-order valence-electron chi connectivity index (χ3n) is 6.32. The molecule has 2 aromatic carbocycles. The molecule has 9 nitrogen and oxygen atoms in total. The zero-order valence-corrected chi connectivity index (χ0v) is 19.8. The summed E-state index contributed by atoms with van der Waals surface area (Å²) in [6.45, 7) is 5.31. The molecular formula is C26H30N4O5. The van der Waals surface area contributed by atoms with Crippen molar-refractivity contribution >= 4 is 29.4 Å². The molecule has 1 unspecified atom stereocenters. The molecule has 2 aromatic rings. The zero-order valence-electron chi connectivity index (χ0n) is 19.8. The number of carbonyl (C=O) groups excluding carboxylic acids is 4. The van der Waals surface area contributed by atoms with Gasteiger partial charge in [-0.15, -0.1) is 0 Å². The Kier molecular flexibility index (Phi) is 7.77. The lowest BCUT2D eigenvalue weighted by Gasteiger charge is -2.35. The number of hydrogen-bond donors (Lipinski definition) is 1. The molecule has 1 N–H and O–H groups in total. The molecule has 2 heterocycles. The van der Waals surface area contributed by atoms with Crippen LogP contribution >= 0.6 is 0 Å². The second-order valence-corrected chi connectivity index (χ2v) is 8.76. The molecule has 4 rings (SSSR count). The van der Waals surface area contributed by atoms with E-state index in [1.54, 1.807) is 34.1 Å². The second kappa shape index (κ2) is 11.1. The number of esters is 1. The highest BCUT2D eigenvalue weighted by molar-refractivity contribution is 6.00. The minimum Gasteiger partial charge on any atom is -0.426 e. The van der Waals surface area contributed by atoms with E-state index in [4.69, 9.17) is 4.74 Å². The standard InChI is InChI=1S/C26H30N4O5/c1-19(31)35-23-10-6-5-9-22(23)26(34)29-15-13-28(14-16-29)12-11-27-25(33)20-17-24(32)30(18-20)21-7-3-2-4-8-21/h2-10,20H,11-18H2,1H3,(H,27,33). The van der Waals surface area contributed by atoms with Gasteiger partial charge in [0.05, 0.1) is 11.5 Å². The number of ether oxygens (including phenoxy) is 1. The smallest absolute Gasteiger partial charge is 0.308 e. The van der Waals surface area contributed by atoms with Crippen molar-refractivity contribution in [1.82, 2.24) is 15.1 Å². The van der Waals surface area contributed by atoms with E-state index in [2.05, 4.69) is 10.2 Å². The van der Waals surface area contributed by atoms with Gasteiger partial charge in [0, 0.05) is 64.8 Å². The number of nitrogens with zero attached hydrogens (tertiary/aromatic N) is 3. The summed E-state index contributed by atoms with van der Waals surface area (Å²) >= 11 is 0. The molecule has 0 spiro atoms. The molecular weight excluding hydrogens is 448 g/mol. The van der Waals surface area contributed by atoms with E-state index in [1.807, 2.05) is 30.3 Å². The molecule has 35 heavy (non-hydrogen) atoms. The van der Waals surface area contributed by atoms with Crippen molar-refractivity contribution in [3.05, 3.63) is 60.2 Å². The molecule has 2 aliphatic rings. The van der Waals surface area contributed by atoms with Gasteiger partial charge < -0.3 is 19.9 Å². The number of amides is 3. The van der Waals surface area contributed by atoms with E-state index in [1.165, 1.54) is 6.92 Å². The molecule has 0 aromatic heterocycles. The third kappa shape index (κ3) is 6.05. The Hall–Kier alpha value is -3.72. The molecule has 2 fully saturated rings.